The molecule has 0 aliphatic carbocycles. The number of anilines is 3. The van der Waals surface area contributed by atoms with Gasteiger partial charge < -0.3 is 24.8 Å². The summed E-state index contributed by atoms with van der Waals surface area (Å²) in [4.78, 5) is 13.4. The maximum absolute atomic E-state index is 15.0. The molecule has 0 amide bonds. The van der Waals surface area contributed by atoms with E-state index in [9.17, 15) is 23.1 Å². The molecule has 4 rings (SSSR count). The molecule has 0 saturated carbocycles. The maximum Gasteiger partial charge on any atom is 0.586 e. The fourth-order valence-corrected chi connectivity index (χ4v) is 4.82. The molecule has 9 heteroatoms. The van der Waals surface area contributed by atoms with E-state index in [0.29, 0.717) is 30.8 Å². The maximum atomic E-state index is 15.0. The molecule has 2 aliphatic heterocycles. The van der Waals surface area contributed by atoms with E-state index < -0.39 is 17.9 Å². The zero-order valence-electron chi connectivity index (χ0n) is 19.4. The standard InChI is InChI=1S/C25H29F3N2O4/c1-4-15(13-23(31)32)16-7-9-19(30-11-5-6-22(30)24(2,3)26)18(12-16)29-17-8-10-20-21(14-17)34-25(27,28)33-20/h7-10,12,14-15,22,29H,4-6,11,13H2,1-3H3,(H,31,32)/t15?,22-/m0/s1. The number of carboxylic acid groups (broad SMARTS) is 1. The summed E-state index contributed by atoms with van der Waals surface area (Å²) in [6.45, 7) is 5.73. The summed E-state index contributed by atoms with van der Waals surface area (Å²) >= 11 is 0. The molecule has 1 fully saturated rings. The van der Waals surface area contributed by atoms with E-state index in [0.717, 1.165) is 17.7 Å². The van der Waals surface area contributed by atoms with Crippen LogP contribution in [0.25, 0.3) is 0 Å². The fraction of sp³-hybridized carbons (Fsp3) is 0.480. The average molecular weight is 479 g/mol. The van der Waals surface area contributed by atoms with Crippen molar-refractivity contribution in [3.8, 4) is 11.5 Å². The number of carboxylic acids is 1. The quantitative estimate of drug-likeness (QED) is 0.455. The van der Waals surface area contributed by atoms with Crippen molar-refractivity contribution < 1.29 is 32.5 Å². The Balaban J connectivity index is 1.72. The van der Waals surface area contributed by atoms with Crippen molar-refractivity contribution >= 4 is 23.0 Å². The van der Waals surface area contributed by atoms with Crippen molar-refractivity contribution in [1.82, 2.24) is 0 Å². The third-order valence-corrected chi connectivity index (χ3v) is 6.44. The van der Waals surface area contributed by atoms with Crippen molar-refractivity contribution in [2.75, 3.05) is 16.8 Å². The Morgan fingerprint density at radius 1 is 1.24 bits per heavy atom. The van der Waals surface area contributed by atoms with Gasteiger partial charge in [-0.3, -0.25) is 4.79 Å². The van der Waals surface area contributed by atoms with Crippen molar-refractivity contribution in [3.63, 3.8) is 0 Å². The number of fused-ring (bicyclic) bond motifs is 1. The van der Waals surface area contributed by atoms with Gasteiger partial charge in [0.25, 0.3) is 0 Å². The molecule has 2 aromatic rings. The van der Waals surface area contributed by atoms with E-state index in [-0.39, 0.29) is 29.9 Å². The lowest BCUT2D eigenvalue weighted by atomic mass is 9.92. The zero-order valence-corrected chi connectivity index (χ0v) is 19.4. The summed E-state index contributed by atoms with van der Waals surface area (Å²) in [5.41, 5.74) is 1.30. The predicted molar refractivity (Wildman–Crippen MR) is 123 cm³/mol. The van der Waals surface area contributed by atoms with Crippen LogP contribution in [0.15, 0.2) is 36.4 Å². The molecule has 2 heterocycles. The summed E-state index contributed by atoms with van der Waals surface area (Å²) in [7, 11) is 0. The van der Waals surface area contributed by atoms with Crippen LogP contribution in [0.3, 0.4) is 0 Å². The van der Waals surface area contributed by atoms with Crippen LogP contribution in [-0.2, 0) is 4.79 Å². The number of aliphatic carboxylic acids is 1. The van der Waals surface area contributed by atoms with E-state index in [4.69, 9.17) is 0 Å². The molecule has 0 spiro atoms. The van der Waals surface area contributed by atoms with Crippen molar-refractivity contribution in [2.24, 2.45) is 0 Å². The van der Waals surface area contributed by atoms with Crippen LogP contribution >= 0.6 is 0 Å². The predicted octanol–water partition coefficient (Wildman–Crippen LogP) is 6.44. The Labute approximate surface area is 196 Å². The van der Waals surface area contributed by atoms with Gasteiger partial charge in [0.15, 0.2) is 11.5 Å². The molecule has 0 aromatic heterocycles. The summed E-state index contributed by atoms with van der Waals surface area (Å²) in [6, 6.07) is 9.72. The highest BCUT2D eigenvalue weighted by Crippen LogP contribution is 2.44. The molecule has 0 radical (unpaired) electrons. The van der Waals surface area contributed by atoms with Crippen LogP contribution < -0.4 is 19.7 Å². The van der Waals surface area contributed by atoms with Gasteiger partial charge in [0, 0.05) is 18.3 Å². The molecule has 2 atom stereocenters. The summed E-state index contributed by atoms with van der Waals surface area (Å²) < 4.78 is 50.9. The lowest BCUT2D eigenvalue weighted by molar-refractivity contribution is -0.286. The first-order valence-corrected chi connectivity index (χ1v) is 11.4. The van der Waals surface area contributed by atoms with Gasteiger partial charge in [0.1, 0.15) is 5.67 Å². The minimum atomic E-state index is -3.72. The molecule has 34 heavy (non-hydrogen) atoms. The normalized spacial score (nSPS) is 19.8. The average Bonchev–Trinajstić information content (AvgIpc) is 3.34. The Hall–Kier alpha value is -3.10. The Bertz CT molecular complexity index is 1070. The van der Waals surface area contributed by atoms with Crippen molar-refractivity contribution in [1.29, 1.82) is 0 Å². The lowest BCUT2D eigenvalue weighted by Gasteiger charge is -2.35. The molecule has 6 nitrogen and oxygen atoms in total. The first-order chi connectivity index (χ1) is 16.0. The Kier molecular flexibility index (Phi) is 6.31. The van der Waals surface area contributed by atoms with Crippen LogP contribution in [0, 0.1) is 0 Å². The number of halogens is 3. The lowest BCUT2D eigenvalue weighted by Crippen LogP contribution is -2.43. The molecule has 184 valence electrons. The molecule has 2 aromatic carbocycles. The highest BCUT2D eigenvalue weighted by molar-refractivity contribution is 5.78. The van der Waals surface area contributed by atoms with Crippen LogP contribution in [0.1, 0.15) is 57.9 Å². The molecule has 2 N–H and O–H groups in total. The van der Waals surface area contributed by atoms with Crippen molar-refractivity contribution in [2.45, 2.75) is 70.4 Å². The van der Waals surface area contributed by atoms with Gasteiger partial charge in [0.05, 0.1) is 23.8 Å². The Morgan fingerprint density at radius 3 is 2.65 bits per heavy atom. The molecule has 1 unspecified atom stereocenters. The summed E-state index contributed by atoms with van der Waals surface area (Å²) in [6.07, 6.45) is -1.55. The number of rotatable bonds is 8. The number of nitrogens with zero attached hydrogens (tertiary/aromatic N) is 1. The van der Waals surface area contributed by atoms with E-state index in [2.05, 4.69) is 14.8 Å². The second kappa shape index (κ2) is 8.92. The number of ether oxygens (including phenoxy) is 2. The van der Waals surface area contributed by atoms with Crippen LogP contribution in [0.5, 0.6) is 11.5 Å². The van der Waals surface area contributed by atoms with E-state index in [1.807, 2.05) is 30.0 Å². The zero-order chi connectivity index (χ0) is 24.7. The molecule has 0 bridgehead atoms. The highest BCUT2D eigenvalue weighted by Gasteiger charge is 2.43. The second-order valence-corrected chi connectivity index (χ2v) is 9.35. The number of alkyl halides is 3. The van der Waals surface area contributed by atoms with E-state index in [1.165, 1.54) is 12.1 Å². The largest absolute Gasteiger partial charge is 0.586 e. The van der Waals surface area contributed by atoms with Crippen molar-refractivity contribution in [3.05, 3.63) is 42.0 Å². The van der Waals surface area contributed by atoms with Crippen LogP contribution in [0.2, 0.25) is 0 Å². The smallest absolute Gasteiger partial charge is 0.481 e. The highest BCUT2D eigenvalue weighted by atomic mass is 19.3. The number of hydrogen-bond donors (Lipinski definition) is 2. The minimum Gasteiger partial charge on any atom is -0.481 e. The van der Waals surface area contributed by atoms with Crippen LogP contribution in [-0.4, -0.2) is 35.6 Å². The number of hydrogen-bond acceptors (Lipinski definition) is 5. The first-order valence-electron chi connectivity index (χ1n) is 11.4. The van der Waals surface area contributed by atoms with Gasteiger partial charge in [-0.25, -0.2) is 4.39 Å². The third kappa shape index (κ3) is 5.03. The fourth-order valence-electron chi connectivity index (χ4n) is 4.82. The third-order valence-electron chi connectivity index (χ3n) is 6.44. The topological polar surface area (TPSA) is 71.0 Å². The number of benzene rings is 2. The monoisotopic (exact) mass is 478 g/mol. The number of nitrogens with one attached hydrogen (secondary N) is 1. The minimum absolute atomic E-state index is 0.0156. The molecule has 1 saturated heterocycles. The van der Waals surface area contributed by atoms with Gasteiger partial charge >= 0.3 is 12.3 Å². The van der Waals surface area contributed by atoms with E-state index in [1.54, 1.807) is 19.9 Å². The van der Waals surface area contributed by atoms with Gasteiger partial charge in [-0.1, -0.05) is 13.0 Å². The number of carbonyl (C=O) groups is 1. The van der Waals surface area contributed by atoms with Gasteiger partial charge in [-0.2, -0.15) is 0 Å². The van der Waals surface area contributed by atoms with Gasteiger partial charge in [-0.05, 0) is 68.9 Å². The Morgan fingerprint density at radius 2 is 1.97 bits per heavy atom. The van der Waals surface area contributed by atoms with Gasteiger partial charge in [0.2, 0.25) is 0 Å². The summed E-state index contributed by atoms with van der Waals surface area (Å²) in [5, 5.41) is 12.6. The van der Waals surface area contributed by atoms with Gasteiger partial charge in [-0.15, -0.1) is 8.78 Å². The molecular weight excluding hydrogens is 449 g/mol. The van der Waals surface area contributed by atoms with E-state index >= 15 is 0 Å². The summed E-state index contributed by atoms with van der Waals surface area (Å²) in [5.74, 6) is -1.24. The molecule has 2 aliphatic rings. The molecular formula is C25H29F3N2O4. The van der Waals surface area contributed by atoms with Crippen LogP contribution in [0.4, 0.5) is 30.2 Å². The SMILES string of the molecule is CCC(CC(=O)O)c1ccc(N2CCC[C@H]2C(C)(C)F)c(Nc2ccc3c(c2)OC(F)(F)O3)c1. The first kappa shape index (κ1) is 24.0. The second-order valence-electron chi connectivity index (χ2n) is 9.35.